The first-order valence-corrected chi connectivity index (χ1v) is 3.23. The third-order valence-electron chi connectivity index (χ3n) is 0.980. The van der Waals surface area contributed by atoms with Gasteiger partial charge in [0, 0.05) is 12.8 Å². The van der Waals surface area contributed by atoms with E-state index in [0.717, 1.165) is 0 Å². The number of rotatable bonds is 1. The molecule has 0 N–H and O–H groups in total. The fourth-order valence-corrected chi connectivity index (χ4v) is 0.980. The van der Waals surface area contributed by atoms with E-state index in [1.165, 1.54) is 0 Å². The smallest absolute Gasteiger partial charge is 0.307 e. The monoisotopic (exact) mass is 132 g/mol. The van der Waals surface area contributed by atoms with Crippen LogP contribution in [-0.4, -0.2) is 11.8 Å². The normalized spacial score (nSPS) is 28.5. The molecule has 8 heavy (non-hydrogen) atoms. The minimum Gasteiger partial charge on any atom is -0.450 e. The summed E-state index contributed by atoms with van der Waals surface area (Å²) in [5, 5.41) is 0. The molecule has 1 saturated heterocycles. The lowest BCUT2D eigenvalue weighted by Crippen LogP contribution is -1.96. The highest BCUT2D eigenvalue weighted by Gasteiger charge is 2.22. The molecule has 1 aliphatic rings. The van der Waals surface area contributed by atoms with Gasteiger partial charge < -0.3 is 4.74 Å². The van der Waals surface area contributed by atoms with E-state index < -0.39 is 0 Å². The Bertz CT molecular complexity index is 122. The average molecular weight is 132 g/mol. The predicted octanol–water partition coefficient (Wildman–Crippen LogP) is 0.941. The second kappa shape index (κ2) is 2.23. The topological polar surface area (TPSA) is 43.4 Å². The number of esters is 1. The van der Waals surface area contributed by atoms with E-state index in [9.17, 15) is 9.36 Å². The lowest BCUT2D eigenvalue weighted by molar-refractivity contribution is -0.139. The van der Waals surface area contributed by atoms with Gasteiger partial charge in [0.2, 0.25) is 8.46 Å². The van der Waals surface area contributed by atoms with Crippen LogP contribution in [0.15, 0.2) is 0 Å². The van der Waals surface area contributed by atoms with Crippen LogP contribution >= 0.6 is 8.46 Å². The fourth-order valence-electron chi connectivity index (χ4n) is 0.585. The Morgan fingerprint density at radius 2 is 2.50 bits per heavy atom. The molecule has 0 saturated carbocycles. The van der Waals surface area contributed by atoms with Gasteiger partial charge in [-0.2, -0.15) is 0 Å². The summed E-state index contributed by atoms with van der Waals surface area (Å²) in [6, 6.07) is 0. The van der Waals surface area contributed by atoms with Crippen LogP contribution in [0, 0.1) is 0 Å². The number of cyclic esters (lactones) is 1. The van der Waals surface area contributed by atoms with Gasteiger partial charge in [-0.1, -0.05) is 0 Å². The van der Waals surface area contributed by atoms with Crippen LogP contribution in [-0.2, 0) is 14.1 Å². The van der Waals surface area contributed by atoms with Crippen LogP contribution in [0.25, 0.3) is 0 Å². The maximum absolute atomic E-state index is 10.2. The van der Waals surface area contributed by atoms with Crippen molar-refractivity contribution in [1.29, 1.82) is 0 Å². The summed E-state index contributed by atoms with van der Waals surface area (Å²) in [6.45, 7) is 0. The Morgan fingerprint density at radius 1 is 1.75 bits per heavy atom. The highest BCUT2D eigenvalue weighted by atomic mass is 31.1. The van der Waals surface area contributed by atoms with Crippen molar-refractivity contribution in [2.45, 2.75) is 18.7 Å². The lowest BCUT2D eigenvalue weighted by atomic mass is 10.4. The van der Waals surface area contributed by atoms with Crippen molar-refractivity contribution >= 4 is 14.4 Å². The fraction of sp³-hybridized carbons (Fsp3) is 0.750. The molecule has 4 heteroatoms. The molecule has 0 aromatic rings. The van der Waals surface area contributed by atoms with Gasteiger partial charge >= 0.3 is 5.97 Å². The van der Waals surface area contributed by atoms with E-state index in [4.69, 9.17) is 0 Å². The predicted molar refractivity (Wildman–Crippen MR) is 26.7 cm³/mol. The van der Waals surface area contributed by atoms with E-state index in [-0.39, 0.29) is 20.3 Å². The van der Waals surface area contributed by atoms with E-state index in [1.807, 2.05) is 0 Å². The van der Waals surface area contributed by atoms with Crippen molar-refractivity contribution in [2.75, 3.05) is 0 Å². The Balaban J connectivity index is 2.43. The second-order valence-corrected chi connectivity index (χ2v) is 2.38. The van der Waals surface area contributed by atoms with E-state index >= 15 is 0 Å². The van der Waals surface area contributed by atoms with E-state index in [1.54, 1.807) is 0 Å². The first-order chi connectivity index (χ1) is 3.83. The molecule has 1 atom stereocenters. The van der Waals surface area contributed by atoms with Crippen molar-refractivity contribution in [3.8, 4) is 0 Å². The minimum atomic E-state index is -0.359. The summed E-state index contributed by atoms with van der Waals surface area (Å²) in [6.07, 6.45) is 1.02. The van der Waals surface area contributed by atoms with Gasteiger partial charge in [0.25, 0.3) is 0 Å². The summed E-state index contributed by atoms with van der Waals surface area (Å²) in [4.78, 5) is 10.2. The first-order valence-electron chi connectivity index (χ1n) is 2.35. The van der Waals surface area contributed by atoms with Crippen molar-refractivity contribution in [3.05, 3.63) is 0 Å². The summed E-state index contributed by atoms with van der Waals surface area (Å²) < 4.78 is 14.5. The number of carbonyl (C=O) groups excluding carboxylic acids is 1. The second-order valence-electron chi connectivity index (χ2n) is 1.59. The first kappa shape index (κ1) is 5.70. The van der Waals surface area contributed by atoms with Gasteiger partial charge in [0.15, 0.2) is 5.85 Å². The maximum Gasteiger partial charge on any atom is 0.307 e. The number of carbonyl (C=O) groups is 1. The summed E-state index contributed by atoms with van der Waals surface area (Å²) in [5.74, 6) is -0.596. The van der Waals surface area contributed by atoms with Crippen LogP contribution in [0.4, 0.5) is 0 Å². The van der Waals surface area contributed by atoms with Crippen molar-refractivity contribution < 1.29 is 14.1 Å². The van der Waals surface area contributed by atoms with Gasteiger partial charge in [-0.25, -0.2) is 0 Å². The van der Waals surface area contributed by atoms with Gasteiger partial charge in [0.1, 0.15) is 0 Å². The molecule has 1 rings (SSSR count). The third-order valence-corrected chi connectivity index (χ3v) is 1.58. The zero-order valence-corrected chi connectivity index (χ0v) is 5.06. The van der Waals surface area contributed by atoms with Gasteiger partial charge in [-0.05, 0) is 0 Å². The van der Waals surface area contributed by atoms with E-state index in [0.29, 0.717) is 12.8 Å². The van der Waals surface area contributed by atoms with Crippen molar-refractivity contribution in [3.63, 3.8) is 0 Å². The SMILES string of the molecule is O=PC1CCC(=O)O1. The lowest BCUT2D eigenvalue weighted by Gasteiger charge is -1.93. The Labute approximate surface area is 48.2 Å². The summed E-state index contributed by atoms with van der Waals surface area (Å²) >= 11 is 0. The van der Waals surface area contributed by atoms with E-state index in [2.05, 4.69) is 4.74 Å². The zero-order chi connectivity index (χ0) is 5.98. The summed E-state index contributed by atoms with van der Waals surface area (Å²) in [5.41, 5.74) is 0. The maximum atomic E-state index is 10.2. The minimum absolute atomic E-state index is 0.0763. The van der Waals surface area contributed by atoms with Crippen LogP contribution < -0.4 is 0 Å². The number of ether oxygens (including phenoxy) is 1. The van der Waals surface area contributed by atoms with Gasteiger partial charge in [-0.15, -0.1) is 0 Å². The molecular weight excluding hydrogens is 127 g/mol. The molecule has 0 aromatic carbocycles. The highest BCUT2D eigenvalue weighted by molar-refractivity contribution is 7.24. The molecule has 44 valence electrons. The van der Waals surface area contributed by atoms with Gasteiger partial charge in [-0.3, -0.25) is 9.36 Å². The molecule has 0 spiro atoms. The summed E-state index contributed by atoms with van der Waals surface area (Å²) in [7, 11) is -0.0763. The molecular formula is C4H5O3P. The Hall–Kier alpha value is -0.430. The molecule has 0 aliphatic carbocycles. The van der Waals surface area contributed by atoms with Crippen LogP contribution in [0.3, 0.4) is 0 Å². The van der Waals surface area contributed by atoms with Crippen LogP contribution in [0.2, 0.25) is 0 Å². The largest absolute Gasteiger partial charge is 0.450 e. The molecule has 0 aromatic heterocycles. The average Bonchev–Trinajstić information content (AvgIpc) is 2.14. The molecule has 1 fully saturated rings. The molecule has 1 unspecified atom stereocenters. The van der Waals surface area contributed by atoms with Crippen molar-refractivity contribution in [1.82, 2.24) is 0 Å². The van der Waals surface area contributed by atoms with Gasteiger partial charge in [0.05, 0.1) is 0 Å². The Morgan fingerprint density at radius 3 is 2.75 bits per heavy atom. The third kappa shape index (κ3) is 1.04. The number of hydrogen-bond donors (Lipinski definition) is 0. The van der Waals surface area contributed by atoms with Crippen LogP contribution in [0.5, 0.6) is 0 Å². The Kier molecular flexibility index (Phi) is 1.59. The molecule has 1 aliphatic heterocycles. The van der Waals surface area contributed by atoms with Crippen LogP contribution in [0.1, 0.15) is 12.8 Å². The zero-order valence-electron chi connectivity index (χ0n) is 4.16. The standard InChI is InChI=1S/C4H5O3P/c5-3-1-2-4(7-3)8-6/h4H,1-2H2. The molecule has 0 bridgehead atoms. The number of hydrogen-bond acceptors (Lipinski definition) is 3. The highest BCUT2D eigenvalue weighted by Crippen LogP contribution is 2.21. The quantitative estimate of drug-likeness (QED) is 0.394. The molecule has 3 nitrogen and oxygen atoms in total. The molecule has 0 amide bonds. The molecule has 1 heterocycles. The van der Waals surface area contributed by atoms with Crippen molar-refractivity contribution in [2.24, 2.45) is 0 Å². The molecule has 0 radical (unpaired) electrons.